The molecule has 3 N–H and O–H groups in total. The standard InChI is InChI=1S/C24H25N3O4/c1-15-21(19-12-5-6-13-20(19)25-15)22(28)23(29)26-17-10-7-11-18(14-17)31-24(30)27-16-8-3-2-4-9-16/h2-6,8-9,12-13,17-18,25H,7,10-11,14H2,1H3,(H,26,29)(H,27,30)/t17-,18-/m0/s1. The van der Waals surface area contributed by atoms with Gasteiger partial charge < -0.3 is 15.0 Å². The summed E-state index contributed by atoms with van der Waals surface area (Å²) in [5, 5.41) is 6.27. The number of ketones is 1. The summed E-state index contributed by atoms with van der Waals surface area (Å²) in [6.45, 7) is 1.79. The Bertz CT molecular complexity index is 1110. The van der Waals surface area contributed by atoms with Crippen LogP contribution in [0.5, 0.6) is 0 Å². The van der Waals surface area contributed by atoms with Crippen LogP contribution in [-0.4, -0.2) is 34.9 Å². The van der Waals surface area contributed by atoms with Gasteiger partial charge in [-0.2, -0.15) is 0 Å². The van der Waals surface area contributed by atoms with Crippen LogP contribution in [0.2, 0.25) is 0 Å². The van der Waals surface area contributed by atoms with Crippen LogP contribution in [0.4, 0.5) is 10.5 Å². The molecule has 0 unspecified atom stereocenters. The van der Waals surface area contributed by atoms with Gasteiger partial charge in [0.05, 0.1) is 5.56 Å². The fourth-order valence-electron chi connectivity index (χ4n) is 4.14. The number of nitrogens with one attached hydrogen (secondary N) is 3. The molecule has 31 heavy (non-hydrogen) atoms. The second-order valence-corrected chi connectivity index (χ2v) is 7.86. The van der Waals surface area contributed by atoms with Crippen LogP contribution in [0.1, 0.15) is 41.7 Å². The fraction of sp³-hybridized carbons (Fsp3) is 0.292. The number of hydrogen-bond acceptors (Lipinski definition) is 4. The van der Waals surface area contributed by atoms with Crippen LogP contribution < -0.4 is 10.6 Å². The number of H-pyrrole nitrogens is 1. The molecule has 0 radical (unpaired) electrons. The lowest BCUT2D eigenvalue weighted by molar-refractivity contribution is -0.118. The van der Waals surface area contributed by atoms with Crippen molar-refractivity contribution in [2.24, 2.45) is 0 Å². The third kappa shape index (κ3) is 4.77. The summed E-state index contributed by atoms with van der Waals surface area (Å²) >= 11 is 0. The molecule has 7 heteroatoms. The molecule has 1 saturated carbocycles. The van der Waals surface area contributed by atoms with Crippen LogP contribution in [0.15, 0.2) is 54.6 Å². The van der Waals surface area contributed by atoms with E-state index < -0.39 is 17.8 Å². The van der Waals surface area contributed by atoms with Crippen LogP contribution in [0.3, 0.4) is 0 Å². The summed E-state index contributed by atoms with van der Waals surface area (Å²) in [5.74, 6) is -1.19. The fourth-order valence-corrected chi connectivity index (χ4v) is 4.14. The molecule has 0 saturated heterocycles. The zero-order valence-electron chi connectivity index (χ0n) is 17.3. The number of benzene rings is 2. The predicted octanol–water partition coefficient (Wildman–Crippen LogP) is 4.34. The van der Waals surface area contributed by atoms with Gasteiger partial charge >= 0.3 is 6.09 Å². The molecule has 2 atom stereocenters. The Morgan fingerprint density at radius 2 is 1.74 bits per heavy atom. The molecule has 1 aliphatic carbocycles. The van der Waals surface area contributed by atoms with E-state index in [1.165, 1.54) is 0 Å². The molecule has 7 nitrogen and oxygen atoms in total. The zero-order chi connectivity index (χ0) is 21.8. The van der Waals surface area contributed by atoms with Gasteiger partial charge in [0, 0.05) is 34.7 Å². The van der Waals surface area contributed by atoms with Gasteiger partial charge in [0.2, 0.25) is 0 Å². The number of rotatable bonds is 5. The van der Waals surface area contributed by atoms with Crippen molar-refractivity contribution in [1.29, 1.82) is 0 Å². The lowest BCUT2D eigenvalue weighted by atomic mass is 9.92. The maximum Gasteiger partial charge on any atom is 0.411 e. The summed E-state index contributed by atoms with van der Waals surface area (Å²) in [6, 6.07) is 16.3. The minimum Gasteiger partial charge on any atom is -0.446 e. The molecular weight excluding hydrogens is 394 g/mol. The zero-order valence-corrected chi connectivity index (χ0v) is 17.3. The maximum absolute atomic E-state index is 12.8. The molecule has 4 rings (SSSR count). The van der Waals surface area contributed by atoms with Crippen molar-refractivity contribution in [1.82, 2.24) is 10.3 Å². The molecule has 1 aromatic heterocycles. The van der Waals surface area contributed by atoms with Gasteiger partial charge in [0.25, 0.3) is 11.7 Å². The van der Waals surface area contributed by atoms with E-state index in [9.17, 15) is 14.4 Å². The number of carbonyl (C=O) groups is 3. The Balaban J connectivity index is 1.35. The average molecular weight is 419 g/mol. The number of para-hydroxylation sites is 2. The van der Waals surface area contributed by atoms with E-state index >= 15 is 0 Å². The van der Waals surface area contributed by atoms with Crippen molar-refractivity contribution in [3.05, 3.63) is 65.9 Å². The first-order chi connectivity index (χ1) is 15.0. The van der Waals surface area contributed by atoms with Gasteiger partial charge in [-0.15, -0.1) is 0 Å². The number of fused-ring (bicyclic) bond motifs is 1. The molecule has 3 aromatic rings. The maximum atomic E-state index is 12.8. The van der Waals surface area contributed by atoms with Gasteiger partial charge in [-0.3, -0.25) is 14.9 Å². The molecular formula is C24H25N3O4. The van der Waals surface area contributed by atoms with Gasteiger partial charge in [-0.25, -0.2) is 4.79 Å². The third-order valence-electron chi connectivity index (χ3n) is 5.58. The lowest BCUT2D eigenvalue weighted by Gasteiger charge is -2.29. The summed E-state index contributed by atoms with van der Waals surface area (Å²) in [5.41, 5.74) is 2.56. The third-order valence-corrected chi connectivity index (χ3v) is 5.58. The van der Waals surface area contributed by atoms with Gasteiger partial charge in [-0.05, 0) is 44.4 Å². The number of amides is 2. The summed E-state index contributed by atoms with van der Waals surface area (Å²) in [7, 11) is 0. The van der Waals surface area contributed by atoms with Gasteiger partial charge in [0.15, 0.2) is 0 Å². The topological polar surface area (TPSA) is 100 Å². The number of ether oxygens (including phenoxy) is 1. The Morgan fingerprint density at radius 1 is 1.00 bits per heavy atom. The molecule has 2 amide bonds. The average Bonchev–Trinajstić information content (AvgIpc) is 3.09. The molecule has 0 aliphatic heterocycles. The number of aryl methyl sites for hydroxylation is 1. The number of aromatic amines is 1. The number of Topliss-reactive ketones (excluding diaryl/α,β-unsaturated/α-hetero) is 1. The highest BCUT2D eigenvalue weighted by molar-refractivity contribution is 6.45. The normalized spacial score (nSPS) is 18.4. The van der Waals surface area contributed by atoms with E-state index in [4.69, 9.17) is 4.74 Å². The summed E-state index contributed by atoms with van der Waals surface area (Å²) < 4.78 is 5.53. The summed E-state index contributed by atoms with van der Waals surface area (Å²) in [4.78, 5) is 40.8. The van der Waals surface area contributed by atoms with Crippen LogP contribution in [0.25, 0.3) is 10.9 Å². The molecule has 1 aliphatic rings. The molecule has 1 fully saturated rings. The SMILES string of the molecule is Cc1[nH]c2ccccc2c1C(=O)C(=O)N[C@H]1CCC[C@H](OC(=O)Nc2ccccc2)C1. The van der Waals surface area contributed by atoms with E-state index in [1.807, 2.05) is 42.5 Å². The van der Waals surface area contributed by atoms with Crippen molar-refractivity contribution in [2.75, 3.05) is 5.32 Å². The Kier molecular flexibility index (Phi) is 6.02. The van der Waals surface area contributed by atoms with Gasteiger partial charge in [-0.1, -0.05) is 36.4 Å². The first kappa shape index (κ1) is 20.7. The Labute approximate surface area is 180 Å². The number of hydrogen-bond donors (Lipinski definition) is 3. The quantitative estimate of drug-likeness (QED) is 0.423. The number of anilines is 1. The number of aromatic nitrogens is 1. The van der Waals surface area contributed by atoms with Crippen LogP contribution in [0, 0.1) is 6.92 Å². The minimum absolute atomic E-state index is 0.217. The van der Waals surface area contributed by atoms with E-state index in [-0.39, 0.29) is 12.1 Å². The lowest BCUT2D eigenvalue weighted by Crippen LogP contribution is -2.44. The minimum atomic E-state index is -0.632. The molecule has 160 valence electrons. The smallest absolute Gasteiger partial charge is 0.411 e. The Hall–Kier alpha value is -3.61. The second kappa shape index (κ2) is 9.04. The first-order valence-corrected chi connectivity index (χ1v) is 10.5. The Morgan fingerprint density at radius 3 is 2.55 bits per heavy atom. The van der Waals surface area contributed by atoms with Crippen molar-refractivity contribution in [2.45, 2.75) is 44.8 Å². The van der Waals surface area contributed by atoms with Gasteiger partial charge in [0.1, 0.15) is 6.10 Å². The van der Waals surface area contributed by atoms with E-state index in [2.05, 4.69) is 15.6 Å². The monoisotopic (exact) mass is 419 g/mol. The van der Waals surface area contributed by atoms with Crippen LogP contribution in [-0.2, 0) is 9.53 Å². The molecule has 0 spiro atoms. The highest BCUT2D eigenvalue weighted by atomic mass is 16.6. The second-order valence-electron chi connectivity index (χ2n) is 7.86. The summed E-state index contributed by atoms with van der Waals surface area (Å²) in [6.07, 6.45) is 1.92. The number of carbonyl (C=O) groups excluding carboxylic acids is 3. The van der Waals surface area contributed by atoms with E-state index in [0.29, 0.717) is 23.4 Å². The molecule has 2 aromatic carbocycles. The molecule has 1 heterocycles. The molecule has 0 bridgehead atoms. The van der Waals surface area contributed by atoms with E-state index in [0.717, 1.165) is 30.2 Å². The van der Waals surface area contributed by atoms with Crippen LogP contribution >= 0.6 is 0 Å². The highest BCUT2D eigenvalue weighted by Crippen LogP contribution is 2.24. The first-order valence-electron chi connectivity index (χ1n) is 10.5. The largest absolute Gasteiger partial charge is 0.446 e. The van der Waals surface area contributed by atoms with Crippen molar-refractivity contribution < 1.29 is 19.1 Å². The van der Waals surface area contributed by atoms with Crippen molar-refractivity contribution >= 4 is 34.4 Å². The predicted molar refractivity (Wildman–Crippen MR) is 118 cm³/mol. The van der Waals surface area contributed by atoms with Crippen molar-refractivity contribution in [3.63, 3.8) is 0 Å². The van der Waals surface area contributed by atoms with E-state index in [1.54, 1.807) is 19.1 Å². The highest BCUT2D eigenvalue weighted by Gasteiger charge is 2.29. The van der Waals surface area contributed by atoms with Crippen molar-refractivity contribution in [3.8, 4) is 0 Å².